The van der Waals surface area contributed by atoms with Crippen LogP contribution in [0.5, 0.6) is 5.75 Å². The van der Waals surface area contributed by atoms with Crippen LogP contribution in [-0.2, 0) is 17.9 Å². The zero-order valence-electron chi connectivity index (χ0n) is 13.2. The summed E-state index contributed by atoms with van der Waals surface area (Å²) in [6.07, 6.45) is 3.59. The Morgan fingerprint density at radius 3 is 2.87 bits per heavy atom. The van der Waals surface area contributed by atoms with Crippen molar-refractivity contribution in [1.29, 1.82) is 0 Å². The molecule has 1 aliphatic rings. The van der Waals surface area contributed by atoms with Gasteiger partial charge < -0.3 is 10.1 Å². The van der Waals surface area contributed by atoms with E-state index in [4.69, 9.17) is 4.74 Å². The minimum Gasteiger partial charge on any atom is -0.486 e. The molecule has 0 spiro atoms. The molecule has 1 fully saturated rings. The molecule has 1 atom stereocenters. The van der Waals surface area contributed by atoms with E-state index in [0.29, 0.717) is 13.0 Å². The van der Waals surface area contributed by atoms with Crippen molar-refractivity contribution >= 4 is 5.91 Å². The van der Waals surface area contributed by atoms with Crippen LogP contribution in [0.4, 0.5) is 0 Å². The third-order valence-electron chi connectivity index (χ3n) is 3.98. The van der Waals surface area contributed by atoms with Gasteiger partial charge in [0.15, 0.2) is 5.82 Å². The second-order valence-electron chi connectivity index (χ2n) is 5.69. The molecule has 1 saturated heterocycles. The van der Waals surface area contributed by atoms with Crippen LogP contribution in [0.1, 0.15) is 50.0 Å². The van der Waals surface area contributed by atoms with E-state index in [9.17, 15) is 4.79 Å². The first-order valence-corrected chi connectivity index (χ1v) is 8.03. The van der Waals surface area contributed by atoms with E-state index in [2.05, 4.69) is 27.8 Å². The molecule has 0 saturated carbocycles. The number of amides is 1. The van der Waals surface area contributed by atoms with Gasteiger partial charge in [-0.15, -0.1) is 5.10 Å². The van der Waals surface area contributed by atoms with Crippen molar-refractivity contribution in [2.45, 2.75) is 51.8 Å². The number of unbranched alkanes of at least 4 members (excludes halogenated alkanes) is 1. The molecule has 1 unspecified atom stereocenters. The Hall–Kier alpha value is -2.44. The Morgan fingerprint density at radius 1 is 1.35 bits per heavy atom. The fraction of sp³-hybridized carbons (Fsp3) is 0.500. The van der Waals surface area contributed by atoms with E-state index in [1.807, 2.05) is 24.3 Å². The van der Waals surface area contributed by atoms with Crippen LogP contribution in [0.2, 0.25) is 0 Å². The van der Waals surface area contributed by atoms with Crippen molar-refractivity contribution in [1.82, 2.24) is 25.5 Å². The summed E-state index contributed by atoms with van der Waals surface area (Å²) in [5.74, 6) is 1.61. The largest absolute Gasteiger partial charge is 0.486 e. The molecule has 0 bridgehead atoms. The monoisotopic (exact) mass is 315 g/mol. The summed E-state index contributed by atoms with van der Waals surface area (Å²) in [5, 5.41) is 14.6. The van der Waals surface area contributed by atoms with Gasteiger partial charge in [0, 0.05) is 13.0 Å². The smallest absolute Gasteiger partial charge is 0.220 e. The number of carbonyl (C=O) groups excluding carboxylic acids is 1. The van der Waals surface area contributed by atoms with Crippen molar-refractivity contribution in [3.05, 3.63) is 35.7 Å². The number of carbonyl (C=O) groups is 1. The molecule has 7 nitrogen and oxygen atoms in total. The molecule has 1 amide bonds. The maximum Gasteiger partial charge on any atom is 0.220 e. The highest BCUT2D eigenvalue weighted by molar-refractivity contribution is 5.78. The van der Waals surface area contributed by atoms with Crippen LogP contribution in [0, 0.1) is 0 Å². The molecule has 3 rings (SSSR count). The summed E-state index contributed by atoms with van der Waals surface area (Å²) in [4.78, 5) is 11.3. The topological polar surface area (TPSA) is 81.9 Å². The van der Waals surface area contributed by atoms with Crippen LogP contribution >= 0.6 is 0 Å². The van der Waals surface area contributed by atoms with E-state index in [1.165, 1.54) is 0 Å². The van der Waals surface area contributed by atoms with E-state index in [1.54, 1.807) is 4.68 Å². The standard InChI is InChI=1S/C16H21N5O2/c1-2-3-10-21-15(18-19-20-21)11-23-13-6-4-12(5-7-13)14-8-9-16(22)17-14/h4-7,14H,2-3,8-11H2,1H3,(H,17,22). The van der Waals surface area contributed by atoms with Gasteiger partial charge in [-0.25, -0.2) is 4.68 Å². The maximum absolute atomic E-state index is 11.3. The molecular weight excluding hydrogens is 294 g/mol. The minimum atomic E-state index is 0.120. The van der Waals surface area contributed by atoms with E-state index in [0.717, 1.165) is 42.9 Å². The van der Waals surface area contributed by atoms with Gasteiger partial charge in [-0.2, -0.15) is 0 Å². The first kappa shape index (κ1) is 15.5. The highest BCUT2D eigenvalue weighted by Crippen LogP contribution is 2.25. The molecule has 1 N–H and O–H groups in total. The minimum absolute atomic E-state index is 0.120. The van der Waals surface area contributed by atoms with Gasteiger partial charge in [0.2, 0.25) is 5.91 Å². The lowest BCUT2D eigenvalue weighted by Crippen LogP contribution is -2.18. The maximum atomic E-state index is 11.3. The number of hydrogen-bond donors (Lipinski definition) is 1. The number of hydrogen-bond acceptors (Lipinski definition) is 5. The summed E-state index contributed by atoms with van der Waals surface area (Å²) in [5.41, 5.74) is 1.11. The van der Waals surface area contributed by atoms with E-state index >= 15 is 0 Å². The molecular formula is C16H21N5O2. The fourth-order valence-electron chi connectivity index (χ4n) is 2.62. The van der Waals surface area contributed by atoms with Crippen LogP contribution < -0.4 is 10.1 Å². The van der Waals surface area contributed by atoms with Crippen molar-refractivity contribution in [3.8, 4) is 5.75 Å². The second kappa shape index (κ2) is 7.21. The molecule has 7 heteroatoms. The first-order chi connectivity index (χ1) is 11.3. The van der Waals surface area contributed by atoms with Crippen LogP contribution in [0.25, 0.3) is 0 Å². The zero-order valence-corrected chi connectivity index (χ0v) is 13.2. The lowest BCUT2D eigenvalue weighted by atomic mass is 10.1. The average Bonchev–Trinajstić information content (AvgIpc) is 3.20. The Labute approximate surface area is 135 Å². The quantitative estimate of drug-likeness (QED) is 0.845. The van der Waals surface area contributed by atoms with E-state index < -0.39 is 0 Å². The fourth-order valence-corrected chi connectivity index (χ4v) is 2.62. The van der Waals surface area contributed by atoms with Crippen molar-refractivity contribution in [2.75, 3.05) is 0 Å². The predicted octanol–water partition coefficient (Wildman–Crippen LogP) is 2.00. The Balaban J connectivity index is 1.56. The van der Waals surface area contributed by atoms with E-state index in [-0.39, 0.29) is 11.9 Å². The van der Waals surface area contributed by atoms with Gasteiger partial charge in [0.05, 0.1) is 6.04 Å². The SMILES string of the molecule is CCCCn1nnnc1COc1ccc(C2CCC(=O)N2)cc1. The van der Waals surface area contributed by atoms with Gasteiger partial charge >= 0.3 is 0 Å². The number of ether oxygens (including phenoxy) is 1. The number of nitrogens with zero attached hydrogens (tertiary/aromatic N) is 4. The molecule has 1 aromatic carbocycles. The Morgan fingerprint density at radius 2 is 2.17 bits per heavy atom. The predicted molar refractivity (Wildman–Crippen MR) is 83.6 cm³/mol. The third-order valence-corrected chi connectivity index (χ3v) is 3.98. The summed E-state index contributed by atoms with van der Waals surface area (Å²) in [6.45, 7) is 3.29. The normalized spacial score (nSPS) is 17.3. The van der Waals surface area contributed by atoms with Gasteiger partial charge in [-0.05, 0) is 41.0 Å². The number of tetrazole rings is 1. The van der Waals surface area contributed by atoms with Crippen LogP contribution in [0.3, 0.4) is 0 Å². The van der Waals surface area contributed by atoms with Gasteiger partial charge in [0.1, 0.15) is 12.4 Å². The summed E-state index contributed by atoms with van der Waals surface area (Å²) < 4.78 is 7.54. The van der Waals surface area contributed by atoms with Crippen molar-refractivity contribution in [3.63, 3.8) is 0 Å². The van der Waals surface area contributed by atoms with Gasteiger partial charge in [0.25, 0.3) is 0 Å². The van der Waals surface area contributed by atoms with Crippen LogP contribution in [-0.4, -0.2) is 26.1 Å². The van der Waals surface area contributed by atoms with Gasteiger partial charge in [-0.3, -0.25) is 4.79 Å². The highest BCUT2D eigenvalue weighted by atomic mass is 16.5. The van der Waals surface area contributed by atoms with Crippen molar-refractivity contribution in [2.24, 2.45) is 0 Å². The van der Waals surface area contributed by atoms with Gasteiger partial charge in [-0.1, -0.05) is 25.5 Å². The molecule has 23 heavy (non-hydrogen) atoms. The number of rotatable bonds is 7. The number of nitrogens with one attached hydrogen (secondary N) is 1. The summed E-state index contributed by atoms with van der Waals surface area (Å²) in [6, 6.07) is 7.94. The lowest BCUT2D eigenvalue weighted by Gasteiger charge is -2.11. The first-order valence-electron chi connectivity index (χ1n) is 8.03. The molecule has 0 aliphatic carbocycles. The second-order valence-corrected chi connectivity index (χ2v) is 5.69. The molecule has 122 valence electrons. The Kier molecular flexibility index (Phi) is 4.85. The molecule has 1 aliphatic heterocycles. The van der Waals surface area contributed by atoms with Crippen LogP contribution in [0.15, 0.2) is 24.3 Å². The molecule has 2 heterocycles. The Bertz CT molecular complexity index is 653. The third kappa shape index (κ3) is 3.85. The number of aromatic nitrogens is 4. The average molecular weight is 315 g/mol. The summed E-state index contributed by atoms with van der Waals surface area (Å²) >= 11 is 0. The molecule has 1 aromatic heterocycles. The lowest BCUT2D eigenvalue weighted by molar-refractivity contribution is -0.119. The molecule has 0 radical (unpaired) electrons. The van der Waals surface area contributed by atoms with Crippen molar-refractivity contribution < 1.29 is 9.53 Å². The number of benzene rings is 1. The summed E-state index contributed by atoms with van der Waals surface area (Å²) in [7, 11) is 0. The highest BCUT2D eigenvalue weighted by Gasteiger charge is 2.21. The zero-order chi connectivity index (χ0) is 16.1. The molecule has 2 aromatic rings. The number of aryl methyl sites for hydroxylation is 1.